The number of phenolic OH excluding ortho intramolecular Hbond substituents is 1. The number of ether oxygens (including phenoxy) is 1. The van der Waals surface area contributed by atoms with Crippen molar-refractivity contribution in [3.63, 3.8) is 0 Å². The van der Waals surface area contributed by atoms with E-state index < -0.39 is 5.78 Å². The summed E-state index contributed by atoms with van der Waals surface area (Å²) in [5.74, 6) is -0.665. The number of carbonyl (C=O) groups excluding carboxylic acids is 1. The van der Waals surface area contributed by atoms with Crippen LogP contribution >= 0.6 is 39.1 Å². The summed E-state index contributed by atoms with van der Waals surface area (Å²) in [5, 5.41) is 18.0. The lowest BCUT2D eigenvalue weighted by Gasteiger charge is -2.07. The molecule has 126 valence electrons. The minimum Gasteiger partial charge on any atom is -0.506 e. The molecule has 2 aromatic carbocycles. The lowest BCUT2D eigenvalue weighted by molar-refractivity contribution is 0.103. The van der Waals surface area contributed by atoms with E-state index in [4.69, 9.17) is 27.9 Å². The van der Waals surface area contributed by atoms with Gasteiger partial charge in [0.25, 0.3) is 0 Å². The average Bonchev–Trinajstić information content (AvgIpc) is 2.84. The Morgan fingerprint density at radius 3 is 2.60 bits per heavy atom. The molecule has 0 fully saturated rings. The van der Waals surface area contributed by atoms with E-state index in [2.05, 4.69) is 26.1 Å². The molecule has 0 saturated carbocycles. The van der Waals surface area contributed by atoms with Crippen LogP contribution in [-0.2, 0) is 4.74 Å². The Balaban J connectivity index is 1.88. The molecule has 0 saturated heterocycles. The smallest absolute Gasteiger partial charge is 0.245 e. The van der Waals surface area contributed by atoms with Crippen LogP contribution in [-0.4, -0.2) is 23.0 Å². The minimum atomic E-state index is -0.544. The summed E-state index contributed by atoms with van der Waals surface area (Å²) in [6, 6.07) is 9.91. The van der Waals surface area contributed by atoms with Gasteiger partial charge in [-0.05, 0) is 36.4 Å². The molecular weight excluding hydrogens is 431 g/mol. The van der Waals surface area contributed by atoms with Crippen LogP contribution in [0.4, 0.5) is 0 Å². The highest BCUT2D eigenvalue weighted by atomic mass is 79.9. The first-order chi connectivity index (χ1) is 12.0. The van der Waals surface area contributed by atoms with Crippen LogP contribution < -0.4 is 0 Å². The van der Waals surface area contributed by atoms with Crippen LogP contribution in [0, 0.1) is 0 Å². The van der Waals surface area contributed by atoms with E-state index in [1.54, 1.807) is 12.1 Å². The van der Waals surface area contributed by atoms with Crippen molar-refractivity contribution in [1.82, 2.24) is 0 Å². The van der Waals surface area contributed by atoms with Crippen LogP contribution in [0.1, 0.15) is 15.9 Å². The fourth-order valence-electron chi connectivity index (χ4n) is 2.04. The Kier molecular flexibility index (Phi) is 5.22. The molecule has 0 atom stereocenters. The van der Waals surface area contributed by atoms with Crippen LogP contribution in [0.3, 0.4) is 0 Å². The van der Waals surface area contributed by atoms with Crippen molar-refractivity contribution in [2.24, 2.45) is 10.2 Å². The Labute approximate surface area is 161 Å². The van der Waals surface area contributed by atoms with Gasteiger partial charge >= 0.3 is 0 Å². The van der Waals surface area contributed by atoms with E-state index in [1.165, 1.54) is 24.6 Å². The summed E-state index contributed by atoms with van der Waals surface area (Å²) < 4.78 is 6.37. The summed E-state index contributed by atoms with van der Waals surface area (Å²) in [7, 11) is 0. The molecule has 3 rings (SSSR count). The van der Waals surface area contributed by atoms with E-state index in [1.807, 2.05) is 12.1 Å². The number of Topliss-reactive ketones (excluding diaryl/α,β-unsaturated/α-hetero) is 1. The van der Waals surface area contributed by atoms with Gasteiger partial charge in [-0.1, -0.05) is 39.1 Å². The summed E-state index contributed by atoms with van der Waals surface area (Å²) in [5.41, 5.74) is 0.731. The third-order valence-electron chi connectivity index (χ3n) is 3.27. The molecule has 0 unspecified atom stereocenters. The molecule has 0 radical (unpaired) electrons. The molecule has 0 aromatic heterocycles. The number of hydrogen-bond donors (Lipinski definition) is 1. The normalized spacial score (nSPS) is 13.6. The van der Waals surface area contributed by atoms with Crippen LogP contribution in [0.2, 0.25) is 10.0 Å². The van der Waals surface area contributed by atoms with Gasteiger partial charge in [0.15, 0.2) is 0 Å². The lowest BCUT2D eigenvalue weighted by atomic mass is 10.0. The highest BCUT2D eigenvalue weighted by Crippen LogP contribution is 2.32. The average molecular weight is 440 g/mol. The number of nitrogens with zero attached hydrogens (tertiary/aromatic N) is 2. The molecule has 5 nitrogen and oxygen atoms in total. The summed E-state index contributed by atoms with van der Waals surface area (Å²) in [6.45, 7) is 0. The Morgan fingerprint density at radius 2 is 1.88 bits per heavy atom. The number of benzene rings is 2. The predicted octanol–water partition coefficient (Wildman–Crippen LogP) is 4.99. The monoisotopic (exact) mass is 438 g/mol. The maximum absolute atomic E-state index is 12.6. The van der Waals surface area contributed by atoms with Gasteiger partial charge in [0.05, 0.1) is 22.4 Å². The zero-order chi connectivity index (χ0) is 18.0. The van der Waals surface area contributed by atoms with Crippen LogP contribution in [0.5, 0.6) is 5.75 Å². The number of aromatic hydroxyl groups is 1. The minimum absolute atomic E-state index is 0.0188. The number of ketones is 1. The molecule has 1 aliphatic rings. The first-order valence-corrected chi connectivity index (χ1v) is 8.47. The molecule has 0 aliphatic carbocycles. The fraction of sp³-hybridized carbons (Fsp3) is 0. The second kappa shape index (κ2) is 7.39. The molecule has 1 heterocycles. The van der Waals surface area contributed by atoms with Crippen molar-refractivity contribution in [3.05, 3.63) is 73.9 Å². The van der Waals surface area contributed by atoms with E-state index >= 15 is 0 Å². The summed E-state index contributed by atoms with van der Waals surface area (Å²) >= 11 is 15.1. The topological polar surface area (TPSA) is 71.2 Å². The number of halogens is 3. The molecule has 8 heteroatoms. The van der Waals surface area contributed by atoms with Crippen molar-refractivity contribution in [2.75, 3.05) is 0 Å². The molecule has 25 heavy (non-hydrogen) atoms. The van der Waals surface area contributed by atoms with Gasteiger partial charge in [-0.3, -0.25) is 4.79 Å². The molecule has 0 bridgehead atoms. The molecule has 0 spiro atoms. The zero-order valence-electron chi connectivity index (χ0n) is 12.4. The molecule has 1 N–H and O–H groups in total. The number of rotatable bonds is 3. The highest BCUT2D eigenvalue weighted by molar-refractivity contribution is 9.10. The number of carbonyl (C=O) groups is 1. The van der Waals surface area contributed by atoms with Gasteiger partial charge in [-0.25, -0.2) is 0 Å². The van der Waals surface area contributed by atoms with Gasteiger partial charge in [0.1, 0.15) is 12.0 Å². The maximum atomic E-state index is 12.6. The first-order valence-electron chi connectivity index (χ1n) is 6.92. The number of allylic oxidation sites excluding steroid dienone is 1. The third kappa shape index (κ3) is 3.92. The van der Waals surface area contributed by atoms with E-state index in [9.17, 15) is 9.90 Å². The molecule has 2 aromatic rings. The molecule has 1 aliphatic heterocycles. The largest absolute Gasteiger partial charge is 0.506 e. The maximum Gasteiger partial charge on any atom is 0.245 e. The number of phenols is 1. The van der Waals surface area contributed by atoms with Crippen molar-refractivity contribution in [2.45, 2.75) is 0 Å². The van der Waals surface area contributed by atoms with Crippen molar-refractivity contribution < 1.29 is 14.6 Å². The standard InChI is InChI=1S/C17H9BrCl2N2O3/c18-11-3-1-9(2-4-11)17-22-21-7-10(8-25-17)15(23)13-5-12(19)6-14(20)16(13)24/h1-8,24H. The second-order valence-corrected chi connectivity index (χ2v) is 6.72. The quantitative estimate of drug-likeness (QED) is 0.684. The lowest BCUT2D eigenvalue weighted by Crippen LogP contribution is -2.07. The van der Waals surface area contributed by atoms with Gasteiger partial charge in [0.2, 0.25) is 11.7 Å². The Bertz CT molecular complexity index is 938. The van der Waals surface area contributed by atoms with Crippen LogP contribution in [0.25, 0.3) is 0 Å². The van der Waals surface area contributed by atoms with Crippen molar-refractivity contribution in [1.29, 1.82) is 0 Å². The van der Waals surface area contributed by atoms with E-state index in [0.717, 1.165) is 4.47 Å². The third-order valence-corrected chi connectivity index (χ3v) is 4.30. The van der Waals surface area contributed by atoms with Gasteiger partial charge in [-0.2, -0.15) is 5.10 Å². The van der Waals surface area contributed by atoms with Gasteiger partial charge < -0.3 is 9.84 Å². The van der Waals surface area contributed by atoms with Crippen molar-refractivity contribution in [3.8, 4) is 5.75 Å². The predicted molar refractivity (Wildman–Crippen MR) is 101 cm³/mol. The SMILES string of the molecule is O=C(C1=COC(c2ccc(Br)cc2)=NN=C1)c1cc(Cl)cc(Cl)c1O. The fourth-order valence-corrected chi connectivity index (χ4v) is 2.80. The summed E-state index contributed by atoms with van der Waals surface area (Å²) in [6.07, 6.45) is 2.45. The summed E-state index contributed by atoms with van der Waals surface area (Å²) in [4.78, 5) is 12.6. The molecular formula is C17H9BrCl2N2O3. The van der Waals surface area contributed by atoms with Crippen molar-refractivity contribution >= 4 is 57.0 Å². The van der Waals surface area contributed by atoms with Gasteiger partial charge in [0, 0.05) is 15.1 Å². The zero-order valence-corrected chi connectivity index (χ0v) is 15.5. The van der Waals surface area contributed by atoms with E-state index in [-0.39, 0.29) is 32.8 Å². The molecule has 0 amide bonds. The van der Waals surface area contributed by atoms with Gasteiger partial charge in [-0.15, -0.1) is 5.10 Å². The second-order valence-electron chi connectivity index (χ2n) is 4.96. The Morgan fingerprint density at radius 1 is 1.16 bits per heavy atom. The van der Waals surface area contributed by atoms with E-state index in [0.29, 0.717) is 5.56 Å². The number of hydrogen-bond acceptors (Lipinski definition) is 5. The Hall–Kier alpha value is -2.15. The highest BCUT2D eigenvalue weighted by Gasteiger charge is 2.20. The van der Waals surface area contributed by atoms with Crippen LogP contribution in [0.15, 0.2) is 62.9 Å². The first kappa shape index (κ1) is 17.7.